The number of nitrogens with one attached hydrogen (secondary N) is 1. The Labute approximate surface area is 127 Å². The Balaban J connectivity index is 1.51. The van der Waals surface area contributed by atoms with E-state index in [1.807, 2.05) is 7.05 Å². The van der Waals surface area contributed by atoms with E-state index in [9.17, 15) is 0 Å². The van der Waals surface area contributed by atoms with Crippen LogP contribution in [0.5, 0.6) is 5.75 Å². The summed E-state index contributed by atoms with van der Waals surface area (Å²) >= 11 is 0. The monoisotopic (exact) mass is 287 g/mol. The molecule has 21 heavy (non-hydrogen) atoms. The van der Waals surface area contributed by atoms with Crippen LogP contribution in [0.25, 0.3) is 0 Å². The molecule has 0 aromatic heterocycles. The molecule has 3 heteroatoms. The Hall–Kier alpha value is -1.06. The van der Waals surface area contributed by atoms with Crippen molar-refractivity contribution < 1.29 is 9.47 Å². The fourth-order valence-corrected chi connectivity index (χ4v) is 4.21. The quantitative estimate of drug-likeness (QED) is 0.924. The van der Waals surface area contributed by atoms with E-state index in [4.69, 9.17) is 9.47 Å². The van der Waals surface area contributed by atoms with E-state index < -0.39 is 0 Å². The van der Waals surface area contributed by atoms with Crippen LogP contribution in [0.4, 0.5) is 0 Å². The first-order valence-electron chi connectivity index (χ1n) is 8.39. The van der Waals surface area contributed by atoms with Crippen molar-refractivity contribution in [1.29, 1.82) is 0 Å². The molecule has 1 N–H and O–H groups in total. The van der Waals surface area contributed by atoms with Crippen LogP contribution >= 0.6 is 0 Å². The molecule has 1 aromatic carbocycles. The van der Waals surface area contributed by atoms with Gasteiger partial charge in [0.1, 0.15) is 11.9 Å². The molecule has 0 bridgehead atoms. The van der Waals surface area contributed by atoms with Gasteiger partial charge in [0.05, 0.1) is 12.2 Å². The number of ether oxygens (including phenoxy) is 2. The van der Waals surface area contributed by atoms with Crippen molar-refractivity contribution in [3.8, 4) is 5.75 Å². The summed E-state index contributed by atoms with van der Waals surface area (Å²) in [5, 5.41) is 3.41. The molecule has 0 amide bonds. The fraction of sp³-hybridized carbons (Fsp3) is 0.667. The Bertz CT molecular complexity index is 524. The van der Waals surface area contributed by atoms with Crippen LogP contribution in [0, 0.1) is 0 Å². The van der Waals surface area contributed by atoms with E-state index >= 15 is 0 Å². The van der Waals surface area contributed by atoms with Gasteiger partial charge in [-0.3, -0.25) is 0 Å². The van der Waals surface area contributed by atoms with Crippen molar-refractivity contribution in [2.75, 3.05) is 13.7 Å². The molecular formula is C18H25NO2. The zero-order valence-electron chi connectivity index (χ0n) is 12.9. The van der Waals surface area contributed by atoms with Gasteiger partial charge in [-0.25, -0.2) is 0 Å². The predicted molar refractivity (Wildman–Crippen MR) is 82.7 cm³/mol. The minimum atomic E-state index is 0.161. The maximum atomic E-state index is 6.41. The zero-order valence-corrected chi connectivity index (χ0v) is 12.9. The number of fused-ring (bicyclic) bond motifs is 1. The molecule has 4 rings (SSSR count). The predicted octanol–water partition coefficient (Wildman–Crippen LogP) is 3.37. The molecule has 3 nitrogen and oxygen atoms in total. The SMILES string of the molecule is CNC1CCc2c(OC3CCOC4(CCC4)C3)cccc21. The van der Waals surface area contributed by atoms with Gasteiger partial charge in [0.15, 0.2) is 0 Å². The number of hydrogen-bond donors (Lipinski definition) is 1. The maximum Gasteiger partial charge on any atom is 0.123 e. The Morgan fingerprint density at radius 2 is 2.19 bits per heavy atom. The van der Waals surface area contributed by atoms with Crippen molar-refractivity contribution in [1.82, 2.24) is 5.32 Å². The van der Waals surface area contributed by atoms with Gasteiger partial charge in [-0.1, -0.05) is 12.1 Å². The highest BCUT2D eigenvalue weighted by Crippen LogP contribution is 2.44. The molecule has 2 atom stereocenters. The minimum Gasteiger partial charge on any atom is -0.490 e. The lowest BCUT2D eigenvalue weighted by Gasteiger charge is -2.47. The van der Waals surface area contributed by atoms with E-state index in [0.717, 1.165) is 31.6 Å². The summed E-state index contributed by atoms with van der Waals surface area (Å²) in [6, 6.07) is 7.03. The summed E-state index contributed by atoms with van der Waals surface area (Å²) in [6.45, 7) is 0.860. The second-order valence-corrected chi connectivity index (χ2v) is 6.82. The lowest BCUT2D eigenvalue weighted by atomic mass is 9.74. The van der Waals surface area contributed by atoms with Crippen molar-refractivity contribution in [3.63, 3.8) is 0 Å². The second kappa shape index (κ2) is 5.29. The van der Waals surface area contributed by atoms with Gasteiger partial charge in [0.25, 0.3) is 0 Å². The third kappa shape index (κ3) is 2.36. The lowest BCUT2D eigenvalue weighted by molar-refractivity contribution is -0.153. The summed E-state index contributed by atoms with van der Waals surface area (Å²) in [6.07, 6.45) is 8.52. The first kappa shape index (κ1) is 13.6. The molecule has 0 radical (unpaired) electrons. The summed E-state index contributed by atoms with van der Waals surface area (Å²) in [5.41, 5.74) is 3.01. The molecule has 1 saturated carbocycles. The van der Waals surface area contributed by atoms with Gasteiger partial charge >= 0.3 is 0 Å². The molecule has 1 aliphatic heterocycles. The highest BCUT2D eigenvalue weighted by atomic mass is 16.5. The standard InChI is InChI=1S/C18H25NO2/c1-19-16-7-6-15-14(16)4-2-5-17(15)21-13-8-11-20-18(12-13)9-3-10-18/h2,4-5,13,16,19H,3,6-12H2,1H3. The molecule has 1 heterocycles. The van der Waals surface area contributed by atoms with Crippen LogP contribution < -0.4 is 10.1 Å². The molecule has 1 aromatic rings. The minimum absolute atomic E-state index is 0.161. The van der Waals surface area contributed by atoms with Gasteiger partial charge in [-0.05, 0) is 56.3 Å². The zero-order chi connectivity index (χ0) is 14.3. The van der Waals surface area contributed by atoms with Gasteiger partial charge in [0, 0.05) is 18.9 Å². The number of benzene rings is 1. The molecule has 1 spiro atoms. The van der Waals surface area contributed by atoms with Crippen LogP contribution in [0.15, 0.2) is 18.2 Å². The summed E-state index contributed by atoms with van der Waals surface area (Å²) < 4.78 is 12.4. The van der Waals surface area contributed by atoms with E-state index in [2.05, 4.69) is 23.5 Å². The van der Waals surface area contributed by atoms with Crippen molar-refractivity contribution >= 4 is 0 Å². The molecule has 2 aliphatic carbocycles. The summed E-state index contributed by atoms with van der Waals surface area (Å²) in [7, 11) is 2.05. The Kier molecular flexibility index (Phi) is 3.43. The number of rotatable bonds is 3. The first-order valence-corrected chi connectivity index (χ1v) is 8.39. The number of hydrogen-bond acceptors (Lipinski definition) is 3. The molecule has 114 valence electrons. The van der Waals surface area contributed by atoms with E-state index in [0.29, 0.717) is 12.1 Å². The second-order valence-electron chi connectivity index (χ2n) is 6.82. The topological polar surface area (TPSA) is 30.5 Å². The van der Waals surface area contributed by atoms with E-state index in [-0.39, 0.29) is 5.60 Å². The van der Waals surface area contributed by atoms with Gasteiger partial charge in [-0.2, -0.15) is 0 Å². The summed E-state index contributed by atoms with van der Waals surface area (Å²) in [5.74, 6) is 1.12. The Morgan fingerprint density at radius 3 is 2.95 bits per heavy atom. The highest BCUT2D eigenvalue weighted by Gasteiger charge is 2.43. The third-order valence-electron chi connectivity index (χ3n) is 5.58. The molecule has 2 fully saturated rings. The third-order valence-corrected chi connectivity index (χ3v) is 5.58. The smallest absolute Gasteiger partial charge is 0.123 e. The first-order chi connectivity index (χ1) is 10.3. The fourth-order valence-electron chi connectivity index (χ4n) is 4.21. The molecular weight excluding hydrogens is 262 g/mol. The van der Waals surface area contributed by atoms with Crippen LogP contribution in [-0.2, 0) is 11.2 Å². The highest BCUT2D eigenvalue weighted by molar-refractivity contribution is 5.45. The van der Waals surface area contributed by atoms with E-state index in [1.54, 1.807) is 0 Å². The van der Waals surface area contributed by atoms with Crippen molar-refractivity contribution in [2.24, 2.45) is 0 Å². The normalized spacial score (nSPS) is 30.0. The molecule has 1 saturated heterocycles. The average molecular weight is 287 g/mol. The lowest BCUT2D eigenvalue weighted by Crippen LogP contribution is -2.48. The van der Waals surface area contributed by atoms with Crippen molar-refractivity contribution in [2.45, 2.75) is 62.7 Å². The van der Waals surface area contributed by atoms with Crippen LogP contribution in [0.3, 0.4) is 0 Å². The van der Waals surface area contributed by atoms with Crippen molar-refractivity contribution in [3.05, 3.63) is 29.3 Å². The van der Waals surface area contributed by atoms with Crippen LogP contribution in [0.1, 0.15) is 55.7 Å². The van der Waals surface area contributed by atoms with Gasteiger partial charge in [0.2, 0.25) is 0 Å². The van der Waals surface area contributed by atoms with Gasteiger partial charge < -0.3 is 14.8 Å². The molecule has 3 aliphatic rings. The maximum absolute atomic E-state index is 6.41. The van der Waals surface area contributed by atoms with Crippen LogP contribution in [-0.4, -0.2) is 25.4 Å². The van der Waals surface area contributed by atoms with E-state index in [1.165, 1.54) is 36.8 Å². The Morgan fingerprint density at radius 1 is 1.29 bits per heavy atom. The largest absolute Gasteiger partial charge is 0.490 e. The van der Waals surface area contributed by atoms with Gasteiger partial charge in [-0.15, -0.1) is 0 Å². The molecule has 2 unspecified atom stereocenters. The summed E-state index contributed by atoms with van der Waals surface area (Å²) in [4.78, 5) is 0. The van der Waals surface area contributed by atoms with Crippen LogP contribution in [0.2, 0.25) is 0 Å². The average Bonchev–Trinajstić information content (AvgIpc) is 2.90.